The second kappa shape index (κ2) is 6.78. The lowest BCUT2D eigenvalue weighted by molar-refractivity contribution is -0.159. The molecule has 20 heavy (non-hydrogen) atoms. The first-order valence-electron chi connectivity index (χ1n) is 5.65. The van der Waals surface area contributed by atoms with E-state index in [0.717, 1.165) is 13.3 Å². The summed E-state index contributed by atoms with van der Waals surface area (Å²) in [5.74, 6) is -2.06. The number of aromatic nitrogens is 2. The molecule has 0 aliphatic carbocycles. The molecule has 110 valence electrons. The molecule has 1 aromatic heterocycles. The molecule has 0 radical (unpaired) electrons. The van der Waals surface area contributed by atoms with Crippen LogP contribution in [0.2, 0.25) is 0 Å². The van der Waals surface area contributed by atoms with Gasteiger partial charge in [-0.05, 0) is 6.92 Å². The van der Waals surface area contributed by atoms with E-state index in [4.69, 9.17) is 5.73 Å². The van der Waals surface area contributed by atoms with E-state index in [9.17, 15) is 19.8 Å². The Balaban J connectivity index is 3.02. The van der Waals surface area contributed by atoms with Crippen molar-refractivity contribution in [2.75, 3.05) is 19.5 Å². The minimum absolute atomic E-state index is 0.0451. The van der Waals surface area contributed by atoms with E-state index in [1.54, 1.807) is 6.92 Å². The summed E-state index contributed by atoms with van der Waals surface area (Å²) in [5.41, 5.74) is 4.91. The van der Waals surface area contributed by atoms with E-state index in [1.807, 2.05) is 0 Å². The molecule has 1 heterocycles. The van der Waals surface area contributed by atoms with Crippen molar-refractivity contribution in [1.29, 1.82) is 0 Å². The highest BCUT2D eigenvalue weighted by atomic mass is 16.5. The number of nitrogens with zero attached hydrogens (tertiary/aromatic N) is 2. The van der Waals surface area contributed by atoms with Crippen molar-refractivity contribution in [3.05, 3.63) is 17.6 Å². The van der Waals surface area contributed by atoms with Crippen LogP contribution in [0.3, 0.4) is 0 Å². The number of aliphatic hydroxyl groups excluding tert-OH is 2. The van der Waals surface area contributed by atoms with Crippen LogP contribution < -0.4 is 5.73 Å². The quantitative estimate of drug-likeness (QED) is 0.568. The van der Waals surface area contributed by atoms with Crippen molar-refractivity contribution in [2.24, 2.45) is 0 Å². The van der Waals surface area contributed by atoms with E-state index < -0.39 is 24.1 Å². The Morgan fingerprint density at radius 3 is 2.65 bits per heavy atom. The summed E-state index contributed by atoms with van der Waals surface area (Å²) >= 11 is 0. The smallest absolute Gasteiger partial charge is 0.360 e. The maximum atomic E-state index is 11.4. The van der Waals surface area contributed by atoms with Gasteiger partial charge in [0.2, 0.25) is 0 Å². The maximum Gasteiger partial charge on any atom is 0.360 e. The van der Waals surface area contributed by atoms with Gasteiger partial charge in [-0.3, -0.25) is 0 Å². The van der Waals surface area contributed by atoms with Gasteiger partial charge in [-0.15, -0.1) is 0 Å². The van der Waals surface area contributed by atoms with Crippen LogP contribution in [-0.2, 0) is 14.3 Å². The largest absolute Gasteiger partial charge is 0.464 e. The molecule has 0 bridgehead atoms. The predicted molar refractivity (Wildman–Crippen MR) is 65.4 cm³/mol. The average molecular weight is 285 g/mol. The molecule has 0 aliphatic rings. The fourth-order valence-electron chi connectivity index (χ4n) is 1.32. The van der Waals surface area contributed by atoms with E-state index >= 15 is 0 Å². The first kappa shape index (κ1) is 15.8. The number of esters is 2. The van der Waals surface area contributed by atoms with Crippen molar-refractivity contribution in [3.8, 4) is 0 Å². The second-order valence-electron chi connectivity index (χ2n) is 3.66. The van der Waals surface area contributed by atoms with Gasteiger partial charge in [0.15, 0.2) is 17.6 Å². The van der Waals surface area contributed by atoms with Crippen molar-refractivity contribution < 1.29 is 29.3 Å². The van der Waals surface area contributed by atoms with Crippen LogP contribution in [0.15, 0.2) is 6.20 Å². The molecule has 0 aromatic carbocycles. The Morgan fingerprint density at radius 1 is 1.45 bits per heavy atom. The van der Waals surface area contributed by atoms with Gasteiger partial charge in [-0.1, -0.05) is 0 Å². The van der Waals surface area contributed by atoms with Gasteiger partial charge in [-0.25, -0.2) is 19.6 Å². The average Bonchev–Trinajstić information content (AvgIpc) is 2.45. The van der Waals surface area contributed by atoms with Crippen LogP contribution in [0.25, 0.3) is 0 Å². The second-order valence-corrected chi connectivity index (χ2v) is 3.66. The Morgan fingerprint density at radius 2 is 2.10 bits per heavy atom. The molecule has 0 saturated carbocycles. The Labute approximate surface area is 114 Å². The molecule has 2 atom stereocenters. The van der Waals surface area contributed by atoms with E-state index in [0.29, 0.717) is 0 Å². The maximum absolute atomic E-state index is 11.4. The number of anilines is 1. The topological polar surface area (TPSA) is 145 Å². The van der Waals surface area contributed by atoms with Gasteiger partial charge in [0, 0.05) is 0 Å². The van der Waals surface area contributed by atoms with Gasteiger partial charge in [0.05, 0.1) is 25.6 Å². The molecular formula is C11H15N3O6. The first-order valence-corrected chi connectivity index (χ1v) is 5.65. The summed E-state index contributed by atoms with van der Waals surface area (Å²) in [6.45, 7) is 1.60. The highest BCUT2D eigenvalue weighted by Crippen LogP contribution is 2.17. The van der Waals surface area contributed by atoms with Gasteiger partial charge in [0.1, 0.15) is 6.10 Å². The number of nitrogen functional groups attached to an aromatic ring is 1. The fourth-order valence-corrected chi connectivity index (χ4v) is 1.32. The van der Waals surface area contributed by atoms with Crippen LogP contribution in [0, 0.1) is 0 Å². The third-order valence-corrected chi connectivity index (χ3v) is 2.33. The molecule has 0 saturated heterocycles. The Bertz CT molecular complexity index is 507. The molecule has 0 aliphatic heterocycles. The van der Waals surface area contributed by atoms with Crippen LogP contribution in [0.5, 0.6) is 0 Å². The number of carbonyl (C=O) groups is 2. The number of hydrogen-bond acceptors (Lipinski definition) is 9. The molecule has 0 amide bonds. The molecule has 4 N–H and O–H groups in total. The third kappa shape index (κ3) is 3.39. The molecule has 2 unspecified atom stereocenters. The summed E-state index contributed by atoms with van der Waals surface area (Å²) in [7, 11) is 1.13. The van der Waals surface area contributed by atoms with Crippen LogP contribution in [-0.4, -0.2) is 51.9 Å². The lowest BCUT2D eigenvalue weighted by Crippen LogP contribution is -2.31. The van der Waals surface area contributed by atoms with Crippen LogP contribution in [0.4, 0.5) is 5.82 Å². The minimum atomic E-state index is -1.85. The zero-order valence-corrected chi connectivity index (χ0v) is 10.9. The summed E-state index contributed by atoms with van der Waals surface area (Å²) in [6, 6.07) is 0. The van der Waals surface area contributed by atoms with E-state index in [1.165, 1.54) is 0 Å². The molecule has 0 fully saturated rings. The standard InChI is InChI=1S/C11H15N3O6/c1-3-20-11(18)8(16)7(15)5-4-13-9(12)6(14-5)10(17)19-2/h4,7-8,15-16H,3H2,1-2H3,(H2,12,13). The van der Waals surface area contributed by atoms with Gasteiger partial charge in [0.25, 0.3) is 0 Å². The van der Waals surface area contributed by atoms with Crippen molar-refractivity contribution >= 4 is 17.8 Å². The number of methoxy groups -OCH3 is 1. The third-order valence-electron chi connectivity index (χ3n) is 2.33. The number of rotatable bonds is 5. The number of hydrogen-bond donors (Lipinski definition) is 3. The molecular weight excluding hydrogens is 270 g/mol. The number of carbonyl (C=O) groups excluding carboxylic acids is 2. The fraction of sp³-hybridized carbons (Fsp3) is 0.455. The molecule has 1 rings (SSSR count). The van der Waals surface area contributed by atoms with E-state index in [-0.39, 0.29) is 23.8 Å². The van der Waals surface area contributed by atoms with Crippen LogP contribution in [0.1, 0.15) is 29.2 Å². The summed E-state index contributed by atoms with van der Waals surface area (Å²) in [5, 5.41) is 19.4. The monoisotopic (exact) mass is 285 g/mol. The SMILES string of the molecule is CCOC(=O)C(O)C(O)c1cnc(N)c(C(=O)OC)n1. The molecule has 9 nitrogen and oxygen atoms in total. The number of nitrogens with two attached hydrogens (primary N) is 1. The van der Waals surface area contributed by atoms with Crippen LogP contribution >= 0.6 is 0 Å². The highest BCUT2D eigenvalue weighted by Gasteiger charge is 2.29. The molecule has 1 aromatic rings. The molecule has 9 heteroatoms. The van der Waals surface area contributed by atoms with Gasteiger partial charge >= 0.3 is 11.9 Å². The lowest BCUT2D eigenvalue weighted by atomic mass is 10.1. The lowest BCUT2D eigenvalue weighted by Gasteiger charge is -2.16. The van der Waals surface area contributed by atoms with Gasteiger partial charge in [-0.2, -0.15) is 0 Å². The Hall–Kier alpha value is -2.26. The number of aliphatic hydroxyl groups is 2. The minimum Gasteiger partial charge on any atom is -0.464 e. The summed E-state index contributed by atoms with van der Waals surface area (Å²) in [6.07, 6.45) is -2.52. The normalized spacial score (nSPS) is 13.4. The van der Waals surface area contributed by atoms with Gasteiger partial charge < -0.3 is 25.4 Å². The highest BCUT2D eigenvalue weighted by molar-refractivity contribution is 5.91. The zero-order valence-electron chi connectivity index (χ0n) is 10.9. The van der Waals surface area contributed by atoms with Crippen molar-refractivity contribution in [1.82, 2.24) is 9.97 Å². The summed E-state index contributed by atoms with van der Waals surface area (Å²) < 4.78 is 9.00. The predicted octanol–water partition coefficient (Wildman–Crippen LogP) is -1.20. The molecule has 0 spiro atoms. The van der Waals surface area contributed by atoms with Crippen molar-refractivity contribution in [2.45, 2.75) is 19.1 Å². The van der Waals surface area contributed by atoms with Crippen molar-refractivity contribution in [3.63, 3.8) is 0 Å². The summed E-state index contributed by atoms with van der Waals surface area (Å²) in [4.78, 5) is 30.1. The zero-order chi connectivity index (χ0) is 15.3. The Kier molecular flexibility index (Phi) is 5.35. The number of ether oxygens (including phenoxy) is 2. The first-order chi connectivity index (χ1) is 9.42. The van der Waals surface area contributed by atoms with E-state index in [2.05, 4.69) is 19.4 Å².